The number of rotatable bonds is 1. The van der Waals surface area contributed by atoms with Crippen LogP contribution in [0.25, 0.3) is 0 Å². The summed E-state index contributed by atoms with van der Waals surface area (Å²) < 4.78 is 5.84. The zero-order chi connectivity index (χ0) is 8.27. The van der Waals surface area contributed by atoms with E-state index in [4.69, 9.17) is 4.74 Å². The topological polar surface area (TPSA) is 26.3 Å². The summed E-state index contributed by atoms with van der Waals surface area (Å²) in [6, 6.07) is 7.39. The molecule has 0 amide bonds. The maximum absolute atomic E-state index is 10.5. The van der Waals surface area contributed by atoms with E-state index in [2.05, 4.69) is 22.6 Å². The first-order valence-corrected chi connectivity index (χ1v) is 4.21. The molecule has 0 atom stereocenters. The molecule has 3 heteroatoms. The first kappa shape index (κ1) is 8.52. The van der Waals surface area contributed by atoms with E-state index in [1.165, 1.54) is 6.92 Å². The van der Waals surface area contributed by atoms with Crippen molar-refractivity contribution in [2.75, 3.05) is 0 Å². The second-order valence-corrected chi connectivity index (χ2v) is 3.19. The van der Waals surface area contributed by atoms with Crippen molar-refractivity contribution in [3.05, 3.63) is 27.8 Å². The molecule has 0 bridgehead atoms. The van der Waals surface area contributed by atoms with Crippen molar-refractivity contribution in [1.29, 1.82) is 0 Å². The third-order valence-electron chi connectivity index (χ3n) is 1.09. The predicted octanol–water partition coefficient (Wildman–Crippen LogP) is -1.67. The second kappa shape index (κ2) is 3.71. The zero-order valence-electron chi connectivity index (χ0n) is 6.00. The average molecular weight is 262 g/mol. The molecule has 57 valence electrons. The number of ether oxygens (including phenoxy) is 1. The first-order valence-electron chi connectivity index (χ1n) is 3.13. The standard InChI is InChI=1S/C8H7IO2/c1-6(10)11-8-5-3-2-4-7(8)9/h2-5H,1H3/q+1. The fourth-order valence-electron chi connectivity index (χ4n) is 0.682. The summed E-state index contributed by atoms with van der Waals surface area (Å²) in [7, 11) is 0. The van der Waals surface area contributed by atoms with Crippen molar-refractivity contribution in [2.45, 2.75) is 6.92 Å². The zero-order valence-corrected chi connectivity index (χ0v) is 8.16. The van der Waals surface area contributed by atoms with Crippen LogP contribution in [0.4, 0.5) is 0 Å². The summed E-state index contributed by atoms with van der Waals surface area (Å²) in [4.78, 5) is 10.5. The van der Waals surface area contributed by atoms with Gasteiger partial charge in [0.25, 0.3) is 3.57 Å². The normalized spacial score (nSPS) is 9.27. The molecule has 0 spiro atoms. The molecule has 1 aromatic carbocycles. The molecule has 0 N–H and O–H groups in total. The quantitative estimate of drug-likeness (QED) is 0.344. The average Bonchev–Trinajstić information content (AvgIpc) is 1.93. The highest BCUT2D eigenvalue weighted by molar-refractivity contribution is 5.69. The van der Waals surface area contributed by atoms with Crippen LogP contribution in [0.5, 0.6) is 5.75 Å². The Morgan fingerprint density at radius 2 is 2.09 bits per heavy atom. The Kier molecular flexibility index (Phi) is 2.87. The van der Waals surface area contributed by atoms with Crippen molar-refractivity contribution < 1.29 is 32.1 Å². The lowest BCUT2D eigenvalue weighted by atomic mass is 10.3. The van der Waals surface area contributed by atoms with E-state index in [0.29, 0.717) is 5.75 Å². The smallest absolute Gasteiger partial charge is 0.422 e. The summed E-state index contributed by atoms with van der Waals surface area (Å²) >= 11 is 2.12. The van der Waals surface area contributed by atoms with Crippen molar-refractivity contribution in [3.63, 3.8) is 0 Å². The maximum Gasteiger partial charge on any atom is 0.628 e. The van der Waals surface area contributed by atoms with E-state index in [0.717, 1.165) is 3.57 Å². The molecule has 0 aliphatic rings. The van der Waals surface area contributed by atoms with Gasteiger partial charge in [-0.1, -0.05) is 12.1 Å². The van der Waals surface area contributed by atoms with Gasteiger partial charge in [0.1, 0.15) is 0 Å². The summed E-state index contributed by atoms with van der Waals surface area (Å²) in [5.41, 5.74) is 0. The van der Waals surface area contributed by atoms with Gasteiger partial charge in [-0.05, 0) is 12.1 Å². The molecule has 0 unspecified atom stereocenters. The van der Waals surface area contributed by atoms with Crippen LogP contribution in [0.3, 0.4) is 0 Å². The number of hydrogen-bond acceptors (Lipinski definition) is 2. The summed E-state index contributed by atoms with van der Waals surface area (Å²) in [5.74, 6) is 0.342. The third-order valence-corrected chi connectivity index (χ3v) is 1.98. The van der Waals surface area contributed by atoms with Gasteiger partial charge in [0.15, 0.2) is 5.75 Å². The van der Waals surface area contributed by atoms with E-state index < -0.39 is 0 Å². The highest BCUT2D eigenvalue weighted by Crippen LogP contribution is 2.08. The van der Waals surface area contributed by atoms with Crippen LogP contribution in [-0.4, -0.2) is 5.97 Å². The molecule has 1 rings (SSSR count). The lowest BCUT2D eigenvalue weighted by Crippen LogP contribution is -3.34. The van der Waals surface area contributed by atoms with E-state index >= 15 is 0 Å². The molecular weight excluding hydrogens is 255 g/mol. The van der Waals surface area contributed by atoms with Gasteiger partial charge in [-0.15, -0.1) is 0 Å². The minimum atomic E-state index is -0.283. The molecule has 0 saturated carbocycles. The summed E-state index contributed by atoms with van der Waals surface area (Å²) in [5, 5.41) is 0. The van der Waals surface area contributed by atoms with Gasteiger partial charge in [0, 0.05) is 6.92 Å². The number of para-hydroxylation sites is 1. The molecular formula is C8H7IO2+. The molecule has 11 heavy (non-hydrogen) atoms. The molecule has 1 radical (unpaired) electrons. The van der Waals surface area contributed by atoms with Crippen molar-refractivity contribution in [2.24, 2.45) is 0 Å². The Morgan fingerprint density at radius 3 is 2.64 bits per heavy atom. The number of carbonyl (C=O) groups excluding carboxylic acids is 1. The van der Waals surface area contributed by atoms with Crippen LogP contribution in [0.1, 0.15) is 6.92 Å². The largest absolute Gasteiger partial charge is 0.628 e. The first-order chi connectivity index (χ1) is 5.20. The highest BCUT2D eigenvalue weighted by Gasteiger charge is 2.12. The number of benzene rings is 1. The highest BCUT2D eigenvalue weighted by atomic mass is 127. The van der Waals surface area contributed by atoms with E-state index in [1.54, 1.807) is 6.07 Å². The van der Waals surface area contributed by atoms with Crippen LogP contribution in [-0.2, 0) is 4.79 Å². The van der Waals surface area contributed by atoms with Crippen LogP contribution in [0.2, 0.25) is 0 Å². The Morgan fingerprint density at radius 1 is 1.45 bits per heavy atom. The molecule has 0 saturated heterocycles. The maximum atomic E-state index is 10.5. The van der Waals surface area contributed by atoms with Crippen LogP contribution in [0, 0.1) is 3.57 Å². The molecule has 0 heterocycles. The van der Waals surface area contributed by atoms with Crippen molar-refractivity contribution in [1.82, 2.24) is 0 Å². The molecule has 2 nitrogen and oxygen atoms in total. The summed E-state index contributed by atoms with van der Waals surface area (Å²) in [6.07, 6.45) is 0. The van der Waals surface area contributed by atoms with Gasteiger partial charge >= 0.3 is 28.6 Å². The van der Waals surface area contributed by atoms with Gasteiger partial charge in [-0.2, -0.15) is 0 Å². The van der Waals surface area contributed by atoms with Crippen LogP contribution < -0.4 is 27.3 Å². The van der Waals surface area contributed by atoms with Gasteiger partial charge in [0.05, 0.1) is 0 Å². The van der Waals surface area contributed by atoms with Gasteiger partial charge in [0.2, 0.25) is 0 Å². The third kappa shape index (κ3) is 2.49. The molecule has 0 aliphatic heterocycles. The Hall–Kier alpha value is -0.580. The van der Waals surface area contributed by atoms with Crippen LogP contribution >= 0.6 is 0 Å². The molecule has 0 fully saturated rings. The molecule has 1 aromatic rings. The van der Waals surface area contributed by atoms with Crippen molar-refractivity contribution >= 4 is 5.97 Å². The number of carbonyl (C=O) groups is 1. The fraction of sp³-hybridized carbons (Fsp3) is 0.125. The Balaban J connectivity index is 2.86. The van der Waals surface area contributed by atoms with Gasteiger partial charge < -0.3 is 4.74 Å². The van der Waals surface area contributed by atoms with E-state index in [1.807, 2.05) is 18.2 Å². The summed E-state index contributed by atoms with van der Waals surface area (Å²) in [6.45, 7) is 1.39. The minimum absolute atomic E-state index is 0.283. The molecule has 0 aliphatic carbocycles. The predicted molar refractivity (Wildman–Crippen MR) is 36.4 cm³/mol. The lowest BCUT2D eigenvalue weighted by molar-refractivity contribution is -0.330. The fourth-order valence-corrected chi connectivity index (χ4v) is 1.18. The minimum Gasteiger partial charge on any atom is -0.422 e. The number of halogens is 1. The second-order valence-electron chi connectivity index (χ2n) is 2.02. The Bertz CT molecular complexity index is 271. The number of hydrogen-bond donors (Lipinski definition) is 0. The van der Waals surface area contributed by atoms with E-state index in [9.17, 15) is 4.79 Å². The molecule has 0 aromatic heterocycles. The van der Waals surface area contributed by atoms with Gasteiger partial charge in [-0.3, -0.25) is 4.79 Å². The van der Waals surface area contributed by atoms with Crippen molar-refractivity contribution in [3.8, 4) is 5.75 Å². The number of esters is 1. The van der Waals surface area contributed by atoms with E-state index in [-0.39, 0.29) is 5.97 Å². The van der Waals surface area contributed by atoms with Crippen LogP contribution in [0.15, 0.2) is 24.3 Å². The SMILES string of the molecule is CC(=O)Oc1ccccc1[I+]. The Labute approximate surface area is 78.7 Å². The van der Waals surface area contributed by atoms with Gasteiger partial charge in [-0.25, -0.2) is 0 Å². The lowest BCUT2D eigenvalue weighted by Gasteiger charge is -1.96. The monoisotopic (exact) mass is 262 g/mol.